The second-order valence-corrected chi connectivity index (χ2v) is 8.42. The number of hydrogen-bond donors (Lipinski definition) is 0. The van der Waals surface area contributed by atoms with E-state index in [1.807, 2.05) is 13.8 Å². The lowest BCUT2D eigenvalue weighted by Gasteiger charge is -2.35. The first-order valence-corrected chi connectivity index (χ1v) is 8.62. The molecule has 1 atom stereocenters. The fourth-order valence-corrected chi connectivity index (χ4v) is 4.16. The molecule has 1 saturated heterocycles. The van der Waals surface area contributed by atoms with E-state index in [-0.39, 0.29) is 17.3 Å². The Hall–Kier alpha value is -0.410. The summed E-state index contributed by atoms with van der Waals surface area (Å²) in [5.41, 5.74) is -0.984. The van der Waals surface area contributed by atoms with Gasteiger partial charge in [0.25, 0.3) is 0 Å². The summed E-state index contributed by atoms with van der Waals surface area (Å²) in [6.07, 6.45) is 5.25. The zero-order valence-corrected chi connectivity index (χ0v) is 14.7. The first-order chi connectivity index (χ1) is 9.63. The second kappa shape index (κ2) is 6.00. The molecule has 0 bridgehead atoms. The lowest BCUT2D eigenvalue weighted by atomic mass is 9.85. The molecule has 3 heteroatoms. The number of hydrogen-bond acceptors (Lipinski definition) is 3. The molecule has 1 saturated carbocycles. The van der Waals surface area contributed by atoms with Crippen LogP contribution in [-0.2, 0) is 9.53 Å². The van der Waals surface area contributed by atoms with Gasteiger partial charge in [0.15, 0.2) is 5.78 Å². The maximum absolute atomic E-state index is 12.7. The van der Waals surface area contributed by atoms with Crippen molar-refractivity contribution < 1.29 is 9.53 Å². The molecule has 0 N–H and O–H groups in total. The Kier molecular flexibility index (Phi) is 4.84. The van der Waals surface area contributed by atoms with Crippen molar-refractivity contribution in [2.24, 2.45) is 11.8 Å². The van der Waals surface area contributed by atoms with E-state index >= 15 is 0 Å². The fourth-order valence-electron chi connectivity index (χ4n) is 4.16. The first-order valence-electron chi connectivity index (χ1n) is 8.62. The number of ketones is 1. The Labute approximate surface area is 130 Å². The zero-order chi connectivity index (χ0) is 15.8. The molecule has 0 spiro atoms. The molecule has 0 amide bonds. The summed E-state index contributed by atoms with van der Waals surface area (Å²) in [4.78, 5) is 15.3. The lowest BCUT2D eigenvalue weighted by Crippen LogP contribution is -2.46. The number of Topliss-reactive ketones (excluding diaryl/α,β-unsaturated/α-hetero) is 1. The van der Waals surface area contributed by atoms with Gasteiger partial charge in [-0.05, 0) is 46.5 Å². The van der Waals surface area contributed by atoms with Crippen LogP contribution >= 0.6 is 0 Å². The summed E-state index contributed by atoms with van der Waals surface area (Å²) >= 11 is 0. The molecule has 0 aromatic carbocycles. The average Bonchev–Trinajstić information content (AvgIpc) is 2.89. The Morgan fingerprint density at radius 3 is 2.19 bits per heavy atom. The molecule has 1 unspecified atom stereocenters. The molecule has 2 aliphatic rings. The van der Waals surface area contributed by atoms with Crippen LogP contribution in [0.4, 0.5) is 0 Å². The minimum atomic E-state index is -0.632. The summed E-state index contributed by atoms with van der Waals surface area (Å²) in [5, 5.41) is 0. The van der Waals surface area contributed by atoms with Gasteiger partial charge in [0.2, 0.25) is 0 Å². The molecular weight excluding hydrogens is 262 g/mol. The van der Waals surface area contributed by atoms with Gasteiger partial charge in [-0.3, -0.25) is 9.69 Å². The monoisotopic (exact) mass is 295 g/mol. The number of carbonyl (C=O) groups is 1. The SMILES string of the molecule is CC(C)CN(CC1C(=O)C(C)(C)OC1(C)C)C1CCCC1. The number of rotatable bonds is 5. The van der Waals surface area contributed by atoms with E-state index < -0.39 is 5.60 Å². The van der Waals surface area contributed by atoms with Crippen molar-refractivity contribution in [3.05, 3.63) is 0 Å². The number of carbonyl (C=O) groups excluding carboxylic acids is 1. The third-order valence-corrected chi connectivity index (χ3v) is 5.13. The lowest BCUT2D eigenvalue weighted by molar-refractivity contribution is -0.132. The molecule has 1 aliphatic carbocycles. The van der Waals surface area contributed by atoms with Crippen LogP contribution < -0.4 is 0 Å². The highest BCUT2D eigenvalue weighted by atomic mass is 16.5. The summed E-state index contributed by atoms with van der Waals surface area (Å²) in [7, 11) is 0. The van der Waals surface area contributed by atoms with Gasteiger partial charge in [-0.15, -0.1) is 0 Å². The Morgan fingerprint density at radius 1 is 1.19 bits per heavy atom. The van der Waals surface area contributed by atoms with Crippen LogP contribution in [0.2, 0.25) is 0 Å². The van der Waals surface area contributed by atoms with Gasteiger partial charge in [-0.25, -0.2) is 0 Å². The third kappa shape index (κ3) is 3.68. The quantitative estimate of drug-likeness (QED) is 0.775. The van der Waals surface area contributed by atoms with E-state index in [1.54, 1.807) is 0 Å². The zero-order valence-electron chi connectivity index (χ0n) is 14.7. The van der Waals surface area contributed by atoms with E-state index in [2.05, 4.69) is 32.6 Å². The van der Waals surface area contributed by atoms with Crippen molar-refractivity contribution in [2.75, 3.05) is 13.1 Å². The number of ether oxygens (including phenoxy) is 1. The average molecular weight is 295 g/mol. The maximum Gasteiger partial charge on any atom is 0.171 e. The molecule has 0 aromatic rings. The standard InChI is InChI=1S/C18H33NO2/c1-13(2)11-19(14-9-7-8-10-14)12-15-16(20)18(5,6)21-17(15,3)4/h13-15H,7-12H2,1-6H3. The summed E-state index contributed by atoms with van der Waals surface area (Å²) < 4.78 is 6.05. The van der Waals surface area contributed by atoms with Crippen LogP contribution in [-0.4, -0.2) is 41.0 Å². The molecule has 2 rings (SSSR count). The number of nitrogens with zero attached hydrogens (tertiary/aromatic N) is 1. The van der Waals surface area contributed by atoms with E-state index in [0.29, 0.717) is 12.0 Å². The van der Waals surface area contributed by atoms with E-state index in [9.17, 15) is 4.79 Å². The topological polar surface area (TPSA) is 29.5 Å². The van der Waals surface area contributed by atoms with Crippen LogP contribution in [0.1, 0.15) is 67.2 Å². The Balaban J connectivity index is 2.13. The molecule has 0 radical (unpaired) electrons. The first kappa shape index (κ1) is 17.0. The van der Waals surface area contributed by atoms with E-state index in [0.717, 1.165) is 13.1 Å². The molecule has 2 fully saturated rings. The van der Waals surface area contributed by atoms with Gasteiger partial charge < -0.3 is 4.74 Å². The minimum Gasteiger partial charge on any atom is -0.361 e. The van der Waals surface area contributed by atoms with Gasteiger partial charge in [0.05, 0.1) is 11.5 Å². The fraction of sp³-hybridized carbons (Fsp3) is 0.944. The largest absolute Gasteiger partial charge is 0.361 e. The molecule has 1 heterocycles. The van der Waals surface area contributed by atoms with Gasteiger partial charge in [0.1, 0.15) is 5.60 Å². The normalized spacial score (nSPS) is 29.0. The van der Waals surface area contributed by atoms with Gasteiger partial charge >= 0.3 is 0 Å². The molecule has 3 nitrogen and oxygen atoms in total. The summed E-state index contributed by atoms with van der Waals surface area (Å²) in [5.74, 6) is 0.908. The molecule has 21 heavy (non-hydrogen) atoms. The van der Waals surface area contributed by atoms with Crippen LogP contribution in [0.25, 0.3) is 0 Å². The maximum atomic E-state index is 12.7. The predicted octanol–water partition coefficient (Wildman–Crippen LogP) is 3.66. The van der Waals surface area contributed by atoms with Crippen LogP contribution in [0.3, 0.4) is 0 Å². The van der Waals surface area contributed by atoms with Crippen LogP contribution in [0.5, 0.6) is 0 Å². The smallest absolute Gasteiger partial charge is 0.171 e. The third-order valence-electron chi connectivity index (χ3n) is 5.13. The van der Waals surface area contributed by atoms with Crippen molar-refractivity contribution in [2.45, 2.75) is 84.5 Å². The van der Waals surface area contributed by atoms with Crippen molar-refractivity contribution in [3.8, 4) is 0 Å². The van der Waals surface area contributed by atoms with Gasteiger partial charge in [-0.2, -0.15) is 0 Å². The van der Waals surface area contributed by atoms with Crippen LogP contribution in [0, 0.1) is 11.8 Å². The molecular formula is C18H33NO2. The van der Waals surface area contributed by atoms with Crippen molar-refractivity contribution >= 4 is 5.78 Å². The van der Waals surface area contributed by atoms with Crippen molar-refractivity contribution in [3.63, 3.8) is 0 Å². The molecule has 0 aromatic heterocycles. The second-order valence-electron chi connectivity index (χ2n) is 8.42. The van der Waals surface area contributed by atoms with Crippen molar-refractivity contribution in [1.82, 2.24) is 4.90 Å². The Morgan fingerprint density at radius 2 is 1.76 bits per heavy atom. The highest BCUT2D eigenvalue weighted by Crippen LogP contribution is 2.40. The highest BCUT2D eigenvalue weighted by Gasteiger charge is 2.53. The van der Waals surface area contributed by atoms with Crippen LogP contribution in [0.15, 0.2) is 0 Å². The van der Waals surface area contributed by atoms with E-state index in [1.165, 1.54) is 25.7 Å². The molecule has 122 valence electrons. The highest BCUT2D eigenvalue weighted by molar-refractivity contribution is 5.91. The summed E-state index contributed by atoms with van der Waals surface area (Å²) in [6, 6.07) is 0.666. The van der Waals surface area contributed by atoms with E-state index in [4.69, 9.17) is 4.74 Å². The Bertz CT molecular complexity index is 381. The predicted molar refractivity (Wildman–Crippen MR) is 86.4 cm³/mol. The van der Waals surface area contributed by atoms with Gasteiger partial charge in [-0.1, -0.05) is 26.7 Å². The van der Waals surface area contributed by atoms with Gasteiger partial charge in [0, 0.05) is 19.1 Å². The summed E-state index contributed by atoms with van der Waals surface area (Å²) in [6.45, 7) is 14.5. The van der Waals surface area contributed by atoms with Crippen molar-refractivity contribution in [1.29, 1.82) is 0 Å². The molecule has 1 aliphatic heterocycles. The minimum absolute atomic E-state index is 0.00755.